The van der Waals surface area contributed by atoms with Gasteiger partial charge in [0.2, 0.25) is 6.54 Å². The summed E-state index contributed by atoms with van der Waals surface area (Å²) in [5.74, 6) is 0.247. The van der Waals surface area contributed by atoms with Crippen molar-refractivity contribution in [3.8, 4) is 17.2 Å². The normalized spacial score (nSPS) is 11.8. The third-order valence-electron chi connectivity index (χ3n) is 5.34. The van der Waals surface area contributed by atoms with Crippen molar-refractivity contribution < 1.29 is 23.2 Å². The highest BCUT2D eigenvalue weighted by atomic mass is 35.5. The molecule has 8 nitrogen and oxygen atoms in total. The number of halogens is 3. The van der Waals surface area contributed by atoms with Gasteiger partial charge in [-0.2, -0.15) is 0 Å². The lowest BCUT2D eigenvalue weighted by Crippen LogP contribution is -2.12. The van der Waals surface area contributed by atoms with E-state index in [1.807, 2.05) is 0 Å². The monoisotopic (exact) mass is 546 g/mol. The van der Waals surface area contributed by atoms with Crippen LogP contribution in [0.1, 0.15) is 22.2 Å². The quantitative estimate of drug-likeness (QED) is 0.133. The van der Waals surface area contributed by atoms with E-state index >= 15 is 0 Å². The Kier molecular flexibility index (Phi) is 8.24. The molecule has 0 aliphatic rings. The molecule has 3 aromatic carbocycles. The zero-order valence-corrected chi connectivity index (χ0v) is 21.3. The Morgan fingerprint density at radius 1 is 1.11 bits per heavy atom. The van der Waals surface area contributed by atoms with Crippen molar-refractivity contribution in [1.82, 2.24) is 14.8 Å². The first kappa shape index (κ1) is 26.4. The van der Waals surface area contributed by atoms with Crippen LogP contribution in [0.4, 0.5) is 8.78 Å². The van der Waals surface area contributed by atoms with Crippen molar-refractivity contribution >= 4 is 23.4 Å². The summed E-state index contributed by atoms with van der Waals surface area (Å²) in [5.41, 5.74) is 1.72. The second-order valence-corrected chi connectivity index (χ2v) is 9.49. The highest BCUT2D eigenvalue weighted by Crippen LogP contribution is 2.43. The van der Waals surface area contributed by atoms with Crippen molar-refractivity contribution in [3.05, 3.63) is 104 Å². The molecule has 4 rings (SSSR count). The summed E-state index contributed by atoms with van der Waals surface area (Å²) in [6, 6.07) is 14.9. The maximum Gasteiger partial charge on any atom is 0.220 e. The molecule has 0 aliphatic heterocycles. The lowest BCUT2D eigenvalue weighted by atomic mass is 10.1. The maximum atomic E-state index is 13.5. The van der Waals surface area contributed by atoms with Gasteiger partial charge in [-0.3, -0.25) is 14.7 Å². The summed E-state index contributed by atoms with van der Waals surface area (Å²) in [4.78, 5) is 11.1. The molecule has 1 aromatic heterocycles. The van der Waals surface area contributed by atoms with Crippen LogP contribution in [0, 0.1) is 28.7 Å². The summed E-state index contributed by atoms with van der Waals surface area (Å²) >= 11 is 7.63. The van der Waals surface area contributed by atoms with Crippen LogP contribution in [0.3, 0.4) is 0 Å². The van der Waals surface area contributed by atoms with Crippen molar-refractivity contribution in [1.29, 1.82) is 0 Å². The number of thioether (sulfide) groups is 1. The third-order valence-corrected chi connectivity index (χ3v) is 6.80. The molecule has 12 heteroatoms. The molecule has 1 atom stereocenters. The standard InChI is InChI=1S/C25H21ClF2N4O4S/c1-15-29-30-25(32(15)20-8-6-18(27)7-9-20)37-23(13-31(33)34)17-11-21(26)24(22(12-17)35-2)36-14-16-4-3-5-19(28)10-16/h3-12,23H,13-14H2,1-2H3/t23-/m1/s1. The van der Waals surface area contributed by atoms with Crippen LogP contribution in [-0.4, -0.2) is 33.3 Å². The van der Waals surface area contributed by atoms with Gasteiger partial charge in [-0.1, -0.05) is 35.5 Å². The van der Waals surface area contributed by atoms with Crippen LogP contribution in [0.15, 0.2) is 65.8 Å². The van der Waals surface area contributed by atoms with Crippen LogP contribution in [0.5, 0.6) is 11.5 Å². The Morgan fingerprint density at radius 2 is 1.86 bits per heavy atom. The van der Waals surface area contributed by atoms with Crippen molar-refractivity contribution in [2.24, 2.45) is 0 Å². The molecule has 37 heavy (non-hydrogen) atoms. The maximum absolute atomic E-state index is 13.5. The number of nitrogens with zero attached hydrogens (tertiary/aromatic N) is 4. The first-order valence-electron chi connectivity index (χ1n) is 11.0. The van der Waals surface area contributed by atoms with Crippen LogP contribution < -0.4 is 9.47 Å². The molecule has 0 saturated heterocycles. The number of nitro groups is 1. The number of aromatic nitrogens is 3. The van der Waals surface area contributed by atoms with Crippen molar-refractivity contribution in [3.63, 3.8) is 0 Å². The molecule has 0 radical (unpaired) electrons. The van der Waals surface area contributed by atoms with Crippen LogP contribution in [0.25, 0.3) is 5.69 Å². The van der Waals surface area contributed by atoms with E-state index in [1.165, 1.54) is 31.4 Å². The molecule has 0 bridgehead atoms. The zero-order chi connectivity index (χ0) is 26.5. The third kappa shape index (κ3) is 6.36. The molecule has 4 aromatic rings. The van der Waals surface area contributed by atoms with E-state index in [4.69, 9.17) is 21.1 Å². The number of hydrogen-bond donors (Lipinski definition) is 0. The van der Waals surface area contributed by atoms with E-state index < -0.39 is 28.4 Å². The van der Waals surface area contributed by atoms with E-state index in [9.17, 15) is 18.9 Å². The van der Waals surface area contributed by atoms with E-state index in [-0.39, 0.29) is 23.1 Å². The molecular weight excluding hydrogens is 526 g/mol. The summed E-state index contributed by atoms with van der Waals surface area (Å²) in [6.45, 7) is 1.33. The molecule has 0 saturated carbocycles. The van der Waals surface area contributed by atoms with Gasteiger partial charge in [0, 0.05) is 10.6 Å². The Balaban J connectivity index is 1.65. The zero-order valence-electron chi connectivity index (χ0n) is 19.7. The molecule has 0 amide bonds. The Morgan fingerprint density at radius 3 is 2.54 bits per heavy atom. The molecule has 0 unspecified atom stereocenters. The van der Waals surface area contributed by atoms with Crippen LogP contribution in [-0.2, 0) is 6.61 Å². The molecule has 0 N–H and O–H groups in total. The largest absolute Gasteiger partial charge is 0.493 e. The number of benzene rings is 3. The smallest absolute Gasteiger partial charge is 0.220 e. The molecular formula is C25H21ClF2N4O4S. The van der Waals surface area contributed by atoms with Gasteiger partial charge in [0.25, 0.3) is 0 Å². The number of hydrogen-bond acceptors (Lipinski definition) is 7. The van der Waals surface area contributed by atoms with E-state index in [0.29, 0.717) is 27.8 Å². The van der Waals surface area contributed by atoms with Gasteiger partial charge in [0.1, 0.15) is 29.3 Å². The Bertz CT molecular complexity index is 1420. The minimum atomic E-state index is -0.721. The fraction of sp³-hybridized carbons (Fsp3) is 0.200. The Labute approximate surface area is 220 Å². The van der Waals surface area contributed by atoms with Crippen LogP contribution in [0.2, 0.25) is 5.02 Å². The predicted molar refractivity (Wildman–Crippen MR) is 135 cm³/mol. The molecule has 1 heterocycles. The number of ether oxygens (including phenoxy) is 2. The lowest BCUT2D eigenvalue weighted by molar-refractivity contribution is -0.479. The number of methoxy groups -OCH3 is 1. The van der Waals surface area contributed by atoms with E-state index in [2.05, 4.69) is 10.2 Å². The minimum Gasteiger partial charge on any atom is -0.493 e. The van der Waals surface area contributed by atoms with Gasteiger partial charge in [0.15, 0.2) is 16.7 Å². The summed E-state index contributed by atoms with van der Waals surface area (Å²) < 4.78 is 39.9. The molecule has 0 spiro atoms. The fourth-order valence-electron chi connectivity index (χ4n) is 3.63. The summed E-state index contributed by atoms with van der Waals surface area (Å²) in [7, 11) is 1.43. The van der Waals surface area contributed by atoms with Gasteiger partial charge in [-0.05, 0) is 66.6 Å². The average Bonchev–Trinajstić information content (AvgIpc) is 3.22. The molecule has 192 valence electrons. The van der Waals surface area contributed by atoms with Crippen molar-refractivity contribution in [2.75, 3.05) is 13.7 Å². The summed E-state index contributed by atoms with van der Waals surface area (Å²) in [6.07, 6.45) is 0. The topological polar surface area (TPSA) is 92.3 Å². The minimum absolute atomic E-state index is 0.0420. The second-order valence-electron chi connectivity index (χ2n) is 7.92. The molecule has 0 fully saturated rings. The lowest BCUT2D eigenvalue weighted by Gasteiger charge is -2.18. The highest BCUT2D eigenvalue weighted by Gasteiger charge is 2.26. The van der Waals surface area contributed by atoms with Gasteiger partial charge in [-0.25, -0.2) is 8.78 Å². The molecule has 0 aliphatic carbocycles. The number of rotatable bonds is 10. The second kappa shape index (κ2) is 11.6. The van der Waals surface area contributed by atoms with Gasteiger partial charge in [0.05, 0.1) is 12.1 Å². The van der Waals surface area contributed by atoms with E-state index in [0.717, 1.165) is 11.8 Å². The number of aryl methyl sites for hydroxylation is 1. The first-order chi connectivity index (χ1) is 17.7. The van der Waals surface area contributed by atoms with Gasteiger partial charge >= 0.3 is 0 Å². The van der Waals surface area contributed by atoms with Crippen LogP contribution >= 0.6 is 23.4 Å². The fourth-order valence-corrected chi connectivity index (χ4v) is 5.06. The highest BCUT2D eigenvalue weighted by molar-refractivity contribution is 7.99. The summed E-state index contributed by atoms with van der Waals surface area (Å²) in [5, 5.41) is 19.7. The first-order valence-corrected chi connectivity index (χ1v) is 12.2. The predicted octanol–water partition coefficient (Wildman–Crippen LogP) is 6.21. The average molecular weight is 547 g/mol. The Hall–Kier alpha value is -3.70. The van der Waals surface area contributed by atoms with Gasteiger partial charge < -0.3 is 9.47 Å². The van der Waals surface area contributed by atoms with E-state index in [1.54, 1.807) is 47.9 Å². The van der Waals surface area contributed by atoms with Crippen molar-refractivity contribution in [2.45, 2.75) is 23.9 Å². The van der Waals surface area contributed by atoms with Gasteiger partial charge in [-0.15, -0.1) is 10.2 Å². The SMILES string of the molecule is COc1cc([C@@H](C[N+](=O)[O-])Sc2nnc(C)n2-c2ccc(F)cc2)cc(Cl)c1OCc1cccc(F)c1.